The molecule has 168 valence electrons. The maximum atomic E-state index is 12.9. The minimum absolute atomic E-state index is 0.0749. The van der Waals surface area contributed by atoms with Crippen LogP contribution in [0.4, 0.5) is 5.69 Å². The predicted octanol–water partition coefficient (Wildman–Crippen LogP) is 3.39. The molecule has 0 aromatic heterocycles. The van der Waals surface area contributed by atoms with Gasteiger partial charge in [0.2, 0.25) is 17.7 Å². The summed E-state index contributed by atoms with van der Waals surface area (Å²) in [5, 5.41) is 8.56. The van der Waals surface area contributed by atoms with Gasteiger partial charge in [-0.15, -0.1) is 0 Å². The van der Waals surface area contributed by atoms with Crippen molar-refractivity contribution in [3.8, 4) is 0 Å². The van der Waals surface area contributed by atoms with Gasteiger partial charge in [0.25, 0.3) is 0 Å². The number of carbonyl (C=O) groups is 3. The molecular formula is C25H35N3O3. The van der Waals surface area contributed by atoms with Gasteiger partial charge in [0.05, 0.1) is 6.54 Å². The minimum Gasteiger partial charge on any atom is -0.355 e. The lowest BCUT2D eigenvalue weighted by molar-refractivity contribution is -0.146. The van der Waals surface area contributed by atoms with Gasteiger partial charge >= 0.3 is 0 Å². The van der Waals surface area contributed by atoms with Crippen LogP contribution in [0.1, 0.15) is 61.6 Å². The van der Waals surface area contributed by atoms with Gasteiger partial charge in [-0.2, -0.15) is 0 Å². The second-order valence-electron chi connectivity index (χ2n) is 10.3. The molecule has 0 saturated heterocycles. The van der Waals surface area contributed by atoms with E-state index in [0.29, 0.717) is 6.54 Å². The first-order valence-electron chi connectivity index (χ1n) is 11.7. The lowest BCUT2D eigenvalue weighted by Crippen LogP contribution is -2.53. The molecule has 1 aromatic rings. The molecule has 1 aromatic carbocycles. The molecule has 3 N–H and O–H groups in total. The smallest absolute Gasteiger partial charge is 0.243 e. The van der Waals surface area contributed by atoms with Crippen LogP contribution in [0, 0.1) is 43.9 Å². The summed E-state index contributed by atoms with van der Waals surface area (Å²) in [5.41, 5.74) is 3.77. The highest BCUT2D eigenvalue weighted by Crippen LogP contribution is 2.60. The van der Waals surface area contributed by atoms with Gasteiger partial charge in [0.15, 0.2) is 0 Å². The molecule has 0 aliphatic heterocycles. The van der Waals surface area contributed by atoms with Crippen molar-refractivity contribution in [2.45, 2.75) is 65.7 Å². The Morgan fingerprint density at radius 3 is 1.97 bits per heavy atom. The van der Waals surface area contributed by atoms with Gasteiger partial charge in [0, 0.05) is 24.1 Å². The Bertz CT molecular complexity index is 834. The zero-order chi connectivity index (χ0) is 22.2. The van der Waals surface area contributed by atoms with E-state index in [4.69, 9.17) is 0 Å². The zero-order valence-corrected chi connectivity index (χ0v) is 19.0. The molecule has 0 spiro atoms. The van der Waals surface area contributed by atoms with Gasteiger partial charge in [-0.25, -0.2) is 0 Å². The number of rotatable bonds is 7. The van der Waals surface area contributed by atoms with Gasteiger partial charge in [0.1, 0.15) is 0 Å². The van der Waals surface area contributed by atoms with E-state index in [0.717, 1.165) is 59.4 Å². The molecule has 4 bridgehead atoms. The number of benzene rings is 1. The van der Waals surface area contributed by atoms with E-state index in [1.165, 1.54) is 19.3 Å². The van der Waals surface area contributed by atoms with E-state index < -0.39 is 0 Å². The lowest BCUT2D eigenvalue weighted by atomic mass is 9.49. The Balaban J connectivity index is 1.19. The fourth-order valence-corrected chi connectivity index (χ4v) is 6.69. The number of aryl methyl sites for hydroxylation is 3. The normalized spacial score (nSPS) is 28.3. The molecule has 4 aliphatic carbocycles. The summed E-state index contributed by atoms with van der Waals surface area (Å²) in [5.74, 6) is 1.83. The van der Waals surface area contributed by atoms with Crippen molar-refractivity contribution in [2.75, 3.05) is 18.4 Å². The average Bonchev–Trinajstić information content (AvgIpc) is 2.68. The summed E-state index contributed by atoms with van der Waals surface area (Å²) >= 11 is 0. The van der Waals surface area contributed by atoms with Crippen LogP contribution in [-0.2, 0) is 14.4 Å². The third kappa shape index (κ3) is 4.78. The second kappa shape index (κ2) is 8.64. The second-order valence-corrected chi connectivity index (χ2v) is 10.3. The number of hydrogen-bond acceptors (Lipinski definition) is 3. The third-order valence-electron chi connectivity index (χ3n) is 7.55. The van der Waals surface area contributed by atoms with E-state index in [1.807, 2.05) is 32.9 Å². The van der Waals surface area contributed by atoms with Crippen molar-refractivity contribution in [1.82, 2.24) is 10.6 Å². The first-order valence-corrected chi connectivity index (χ1v) is 11.7. The molecule has 4 aliphatic rings. The van der Waals surface area contributed by atoms with E-state index >= 15 is 0 Å². The molecule has 0 heterocycles. The van der Waals surface area contributed by atoms with Crippen LogP contribution in [0.3, 0.4) is 0 Å². The van der Waals surface area contributed by atoms with Crippen molar-refractivity contribution < 1.29 is 14.4 Å². The Morgan fingerprint density at radius 2 is 1.42 bits per heavy atom. The Kier molecular flexibility index (Phi) is 6.09. The molecule has 4 saturated carbocycles. The zero-order valence-electron chi connectivity index (χ0n) is 19.0. The number of amides is 3. The van der Waals surface area contributed by atoms with Crippen LogP contribution in [0.2, 0.25) is 0 Å². The number of anilines is 1. The van der Waals surface area contributed by atoms with Crippen molar-refractivity contribution in [3.63, 3.8) is 0 Å². The Morgan fingerprint density at radius 1 is 0.871 bits per heavy atom. The fraction of sp³-hybridized carbons (Fsp3) is 0.640. The molecule has 6 nitrogen and oxygen atoms in total. The van der Waals surface area contributed by atoms with Crippen LogP contribution in [0.15, 0.2) is 12.1 Å². The Labute approximate surface area is 184 Å². The summed E-state index contributed by atoms with van der Waals surface area (Å²) in [7, 11) is 0. The maximum Gasteiger partial charge on any atom is 0.243 e. The molecule has 0 radical (unpaired) electrons. The van der Waals surface area contributed by atoms with E-state index in [9.17, 15) is 14.4 Å². The quantitative estimate of drug-likeness (QED) is 0.626. The van der Waals surface area contributed by atoms with Crippen LogP contribution < -0.4 is 16.0 Å². The van der Waals surface area contributed by atoms with Gasteiger partial charge < -0.3 is 16.0 Å². The summed E-state index contributed by atoms with van der Waals surface area (Å²) in [6, 6.07) is 4.04. The molecule has 3 amide bonds. The van der Waals surface area contributed by atoms with Crippen LogP contribution in [-0.4, -0.2) is 30.8 Å². The highest BCUT2D eigenvalue weighted by atomic mass is 16.2. The first kappa shape index (κ1) is 21.8. The van der Waals surface area contributed by atoms with E-state index in [1.54, 1.807) is 0 Å². The highest BCUT2D eigenvalue weighted by Gasteiger charge is 2.54. The van der Waals surface area contributed by atoms with Gasteiger partial charge in [-0.3, -0.25) is 14.4 Å². The predicted molar refractivity (Wildman–Crippen MR) is 121 cm³/mol. The van der Waals surface area contributed by atoms with Crippen molar-refractivity contribution >= 4 is 23.4 Å². The minimum atomic E-state index is -0.249. The summed E-state index contributed by atoms with van der Waals surface area (Å²) in [4.78, 5) is 37.3. The van der Waals surface area contributed by atoms with E-state index in [2.05, 4.69) is 16.0 Å². The molecule has 0 unspecified atom stereocenters. The molecule has 31 heavy (non-hydrogen) atoms. The van der Waals surface area contributed by atoms with Crippen LogP contribution in [0.5, 0.6) is 0 Å². The van der Waals surface area contributed by atoms with Crippen molar-refractivity contribution in [2.24, 2.45) is 23.2 Å². The first-order chi connectivity index (χ1) is 14.7. The maximum absolute atomic E-state index is 12.9. The third-order valence-corrected chi connectivity index (χ3v) is 7.55. The Hall–Kier alpha value is -2.37. The lowest BCUT2D eigenvalue weighted by Gasteiger charge is -2.55. The SMILES string of the molecule is Cc1cc(C)c(NC(=O)CNC(=O)CCNC(=O)C23CC4CC(CC(C4)C2)C3)c(C)c1. The fourth-order valence-electron chi connectivity index (χ4n) is 6.69. The average molecular weight is 426 g/mol. The standard InChI is InChI=1S/C25H35N3O3/c1-15-6-16(2)23(17(3)7-15)28-22(30)14-27-21(29)4-5-26-24(31)25-11-18-8-19(12-25)10-20(9-18)13-25/h6-7,18-20H,4-5,8-14H2,1-3H3,(H,26,31)(H,27,29)(H,28,30). The summed E-state index contributed by atoms with van der Waals surface area (Å²) in [6.45, 7) is 6.19. The van der Waals surface area contributed by atoms with Crippen LogP contribution >= 0.6 is 0 Å². The molecule has 6 heteroatoms. The molecule has 0 atom stereocenters. The molecule has 4 fully saturated rings. The van der Waals surface area contributed by atoms with E-state index in [-0.39, 0.29) is 36.1 Å². The largest absolute Gasteiger partial charge is 0.355 e. The van der Waals surface area contributed by atoms with Crippen molar-refractivity contribution in [3.05, 3.63) is 28.8 Å². The van der Waals surface area contributed by atoms with Crippen molar-refractivity contribution in [1.29, 1.82) is 0 Å². The monoisotopic (exact) mass is 425 g/mol. The summed E-state index contributed by atoms with van der Waals surface area (Å²) < 4.78 is 0. The summed E-state index contributed by atoms with van der Waals surface area (Å²) in [6.07, 6.45) is 7.17. The van der Waals surface area contributed by atoms with Gasteiger partial charge in [-0.1, -0.05) is 17.7 Å². The topological polar surface area (TPSA) is 87.3 Å². The number of hydrogen-bond donors (Lipinski definition) is 3. The molecule has 5 rings (SSSR count). The number of nitrogens with one attached hydrogen (secondary N) is 3. The van der Waals surface area contributed by atoms with Gasteiger partial charge in [-0.05, 0) is 88.2 Å². The number of carbonyl (C=O) groups excluding carboxylic acids is 3. The van der Waals surface area contributed by atoms with Crippen LogP contribution in [0.25, 0.3) is 0 Å². The highest BCUT2D eigenvalue weighted by molar-refractivity contribution is 5.95. The molecular weight excluding hydrogens is 390 g/mol.